The first-order valence-corrected chi connectivity index (χ1v) is 8.39. The van der Waals surface area contributed by atoms with Crippen molar-refractivity contribution in [3.8, 4) is 0 Å². The topological polar surface area (TPSA) is 62.6 Å². The van der Waals surface area contributed by atoms with Crippen molar-refractivity contribution >= 4 is 35.0 Å². The molecule has 0 unspecified atom stereocenters. The molecule has 2 amide bonds. The van der Waals surface area contributed by atoms with Gasteiger partial charge in [-0.3, -0.25) is 9.59 Å². The molecule has 1 aliphatic rings. The maximum Gasteiger partial charge on any atom is 0.289 e. The Morgan fingerprint density at radius 3 is 2.54 bits per heavy atom. The first kappa shape index (κ1) is 16.9. The normalized spacial score (nSPS) is 15.3. The van der Waals surface area contributed by atoms with Gasteiger partial charge in [0.15, 0.2) is 5.76 Å². The standard InChI is InChI=1S/C17H16Cl2N2O3/c18-13-4-1-3-12(15(13)19)16(22)20-11-6-8-21(9-7-11)17(23)14-5-2-10-24-14/h1-5,10-11H,6-9H2,(H,20,22). The zero-order valence-electron chi connectivity index (χ0n) is 12.8. The lowest BCUT2D eigenvalue weighted by molar-refractivity contribution is 0.0667. The number of likely N-dealkylation sites (tertiary alicyclic amines) is 1. The van der Waals surface area contributed by atoms with E-state index in [0.29, 0.717) is 42.3 Å². The van der Waals surface area contributed by atoms with Gasteiger partial charge in [-0.05, 0) is 37.1 Å². The molecule has 0 atom stereocenters. The third-order valence-corrected chi connectivity index (χ3v) is 4.86. The first-order chi connectivity index (χ1) is 11.6. The number of nitrogens with zero attached hydrogens (tertiary/aromatic N) is 1. The van der Waals surface area contributed by atoms with Gasteiger partial charge < -0.3 is 14.6 Å². The lowest BCUT2D eigenvalue weighted by Gasteiger charge is -2.32. The molecule has 0 spiro atoms. The maximum atomic E-state index is 12.3. The molecule has 0 bridgehead atoms. The number of nitrogens with one attached hydrogen (secondary N) is 1. The van der Waals surface area contributed by atoms with E-state index in [-0.39, 0.29) is 22.9 Å². The van der Waals surface area contributed by atoms with Crippen LogP contribution in [-0.2, 0) is 0 Å². The van der Waals surface area contributed by atoms with Gasteiger partial charge in [-0.1, -0.05) is 29.3 Å². The lowest BCUT2D eigenvalue weighted by Crippen LogP contribution is -2.46. The summed E-state index contributed by atoms with van der Waals surface area (Å²) in [6.07, 6.45) is 2.84. The summed E-state index contributed by atoms with van der Waals surface area (Å²) in [5, 5.41) is 3.56. The number of furan rings is 1. The third-order valence-electron chi connectivity index (χ3n) is 4.05. The van der Waals surface area contributed by atoms with Gasteiger partial charge in [0.1, 0.15) is 0 Å². The molecule has 0 saturated carbocycles. The minimum atomic E-state index is -0.252. The fourth-order valence-electron chi connectivity index (χ4n) is 2.73. The summed E-state index contributed by atoms with van der Waals surface area (Å²) in [7, 11) is 0. The van der Waals surface area contributed by atoms with Crippen LogP contribution < -0.4 is 5.32 Å². The van der Waals surface area contributed by atoms with E-state index in [0.717, 1.165) is 0 Å². The molecule has 5 nitrogen and oxygen atoms in total. The van der Waals surface area contributed by atoms with Gasteiger partial charge >= 0.3 is 0 Å². The first-order valence-electron chi connectivity index (χ1n) is 7.64. The van der Waals surface area contributed by atoms with Gasteiger partial charge in [-0.25, -0.2) is 0 Å². The molecular weight excluding hydrogens is 351 g/mol. The number of rotatable bonds is 3. The van der Waals surface area contributed by atoms with Gasteiger partial charge in [0.05, 0.1) is 21.9 Å². The highest BCUT2D eigenvalue weighted by Gasteiger charge is 2.26. The summed E-state index contributed by atoms with van der Waals surface area (Å²) < 4.78 is 5.13. The number of hydrogen-bond donors (Lipinski definition) is 1. The number of amides is 2. The molecule has 1 fully saturated rings. The Morgan fingerprint density at radius 1 is 1.12 bits per heavy atom. The number of carbonyl (C=O) groups is 2. The molecule has 1 N–H and O–H groups in total. The van der Waals surface area contributed by atoms with Crippen molar-refractivity contribution in [1.29, 1.82) is 0 Å². The van der Waals surface area contributed by atoms with E-state index in [1.165, 1.54) is 6.26 Å². The molecular formula is C17H16Cl2N2O3. The monoisotopic (exact) mass is 366 g/mol. The van der Waals surface area contributed by atoms with Crippen molar-refractivity contribution in [3.63, 3.8) is 0 Å². The molecule has 126 valence electrons. The maximum absolute atomic E-state index is 12.3. The van der Waals surface area contributed by atoms with Crippen molar-refractivity contribution in [2.24, 2.45) is 0 Å². The molecule has 0 radical (unpaired) electrons. The fraction of sp³-hybridized carbons (Fsp3) is 0.294. The second kappa shape index (κ2) is 7.28. The second-order valence-electron chi connectivity index (χ2n) is 5.62. The van der Waals surface area contributed by atoms with Crippen LogP contribution in [0.3, 0.4) is 0 Å². The zero-order valence-corrected chi connectivity index (χ0v) is 14.3. The third kappa shape index (κ3) is 3.57. The van der Waals surface area contributed by atoms with E-state index < -0.39 is 0 Å². The van der Waals surface area contributed by atoms with Crippen LogP contribution in [0.5, 0.6) is 0 Å². The number of hydrogen-bond acceptors (Lipinski definition) is 3. The van der Waals surface area contributed by atoms with Crippen LogP contribution in [0.4, 0.5) is 0 Å². The Morgan fingerprint density at radius 2 is 1.88 bits per heavy atom. The molecule has 3 rings (SSSR count). The molecule has 2 heterocycles. The number of halogens is 2. The zero-order chi connectivity index (χ0) is 17.1. The van der Waals surface area contributed by atoms with E-state index in [1.807, 2.05) is 0 Å². The SMILES string of the molecule is O=C(NC1CCN(C(=O)c2ccco2)CC1)c1cccc(Cl)c1Cl. The molecule has 0 aliphatic carbocycles. The van der Waals surface area contributed by atoms with Crippen molar-refractivity contribution < 1.29 is 14.0 Å². The number of piperidine rings is 1. The highest BCUT2D eigenvalue weighted by Crippen LogP contribution is 2.25. The second-order valence-corrected chi connectivity index (χ2v) is 6.40. The summed E-state index contributed by atoms with van der Waals surface area (Å²) in [6, 6.07) is 8.30. The van der Waals surface area contributed by atoms with Crippen LogP contribution >= 0.6 is 23.2 Å². The van der Waals surface area contributed by atoms with Crippen LogP contribution in [0.1, 0.15) is 33.8 Å². The van der Waals surface area contributed by atoms with Crippen molar-refractivity contribution in [1.82, 2.24) is 10.2 Å². The molecule has 24 heavy (non-hydrogen) atoms. The average molecular weight is 367 g/mol. The quantitative estimate of drug-likeness (QED) is 0.901. The summed E-state index contributed by atoms with van der Waals surface area (Å²) in [4.78, 5) is 26.3. The van der Waals surface area contributed by atoms with Gasteiger partial charge in [0.25, 0.3) is 11.8 Å². The number of benzene rings is 1. The largest absolute Gasteiger partial charge is 0.459 e. The van der Waals surface area contributed by atoms with Crippen LogP contribution in [0.15, 0.2) is 41.0 Å². The van der Waals surface area contributed by atoms with Gasteiger partial charge in [0.2, 0.25) is 0 Å². The molecule has 1 aromatic heterocycles. The van der Waals surface area contributed by atoms with E-state index in [1.54, 1.807) is 35.2 Å². The van der Waals surface area contributed by atoms with Gasteiger partial charge in [0, 0.05) is 19.1 Å². The van der Waals surface area contributed by atoms with E-state index in [4.69, 9.17) is 27.6 Å². The van der Waals surface area contributed by atoms with Crippen LogP contribution in [-0.4, -0.2) is 35.8 Å². The highest BCUT2D eigenvalue weighted by molar-refractivity contribution is 6.43. The minimum Gasteiger partial charge on any atom is -0.459 e. The molecule has 1 aliphatic heterocycles. The summed E-state index contributed by atoms with van der Waals surface area (Å²) in [6.45, 7) is 1.13. The lowest BCUT2D eigenvalue weighted by atomic mass is 10.0. The Kier molecular flexibility index (Phi) is 5.11. The van der Waals surface area contributed by atoms with Gasteiger partial charge in [-0.2, -0.15) is 0 Å². The molecule has 1 saturated heterocycles. The van der Waals surface area contributed by atoms with E-state index >= 15 is 0 Å². The predicted molar refractivity (Wildman–Crippen MR) is 91.6 cm³/mol. The summed E-state index contributed by atoms with van der Waals surface area (Å²) in [5.74, 6) is -0.0378. The molecule has 1 aromatic carbocycles. The van der Waals surface area contributed by atoms with E-state index in [9.17, 15) is 9.59 Å². The van der Waals surface area contributed by atoms with Crippen LogP contribution in [0, 0.1) is 0 Å². The fourth-order valence-corrected chi connectivity index (χ4v) is 3.11. The van der Waals surface area contributed by atoms with Crippen LogP contribution in [0.25, 0.3) is 0 Å². The summed E-state index contributed by atoms with van der Waals surface area (Å²) >= 11 is 12.0. The molecule has 7 heteroatoms. The average Bonchev–Trinajstić information content (AvgIpc) is 3.12. The summed E-state index contributed by atoms with van der Waals surface area (Å²) in [5.41, 5.74) is 0.359. The predicted octanol–water partition coefficient (Wildman–Crippen LogP) is 3.62. The smallest absolute Gasteiger partial charge is 0.289 e. The van der Waals surface area contributed by atoms with Crippen LogP contribution in [0.2, 0.25) is 10.0 Å². The van der Waals surface area contributed by atoms with Crippen molar-refractivity contribution in [2.45, 2.75) is 18.9 Å². The van der Waals surface area contributed by atoms with Crippen molar-refractivity contribution in [2.75, 3.05) is 13.1 Å². The molecule has 2 aromatic rings. The Hall–Kier alpha value is -1.98. The Labute approximate surface area is 149 Å². The van der Waals surface area contributed by atoms with Gasteiger partial charge in [-0.15, -0.1) is 0 Å². The highest BCUT2D eigenvalue weighted by atomic mass is 35.5. The minimum absolute atomic E-state index is 0.00630. The number of carbonyl (C=O) groups excluding carboxylic acids is 2. The Balaban J connectivity index is 1.56. The van der Waals surface area contributed by atoms with E-state index in [2.05, 4.69) is 5.32 Å². The Bertz CT molecular complexity index is 738. The van der Waals surface area contributed by atoms with Crippen molar-refractivity contribution in [3.05, 3.63) is 58.0 Å².